The van der Waals surface area contributed by atoms with Crippen molar-refractivity contribution < 1.29 is 33.0 Å². The number of fused-ring (bicyclic) bond motifs is 1. The number of carboxylic acids is 1. The average molecular weight is 601 g/mol. The zero-order valence-corrected chi connectivity index (χ0v) is 24.2. The zero-order valence-electron chi connectivity index (χ0n) is 24.2. The minimum absolute atomic E-state index is 0.00211. The van der Waals surface area contributed by atoms with E-state index in [0.717, 1.165) is 25.0 Å². The second-order valence-corrected chi connectivity index (χ2v) is 10.7. The predicted octanol–water partition coefficient (Wildman–Crippen LogP) is 4.11. The molecule has 1 aliphatic carbocycles. The van der Waals surface area contributed by atoms with Gasteiger partial charge in [-0.05, 0) is 57.4 Å². The lowest BCUT2D eigenvalue weighted by Crippen LogP contribution is -2.32. The molecule has 0 spiro atoms. The van der Waals surface area contributed by atoms with Crippen LogP contribution >= 0.6 is 0 Å². The SMILES string of the molecule is CC(=O)NCC(C)OC(=O)Nc1ccc(NC(C)CCN(C)c2nc3c(cc2F)c(=O)c(C(=O)O)cn3C2CC2)c(F)c1. The topological polar surface area (TPSA) is 155 Å². The van der Waals surface area contributed by atoms with Gasteiger partial charge in [-0.15, -0.1) is 0 Å². The van der Waals surface area contributed by atoms with Crippen molar-refractivity contribution >= 4 is 46.2 Å². The summed E-state index contributed by atoms with van der Waals surface area (Å²) in [4.78, 5) is 53.3. The molecule has 3 aromatic rings. The van der Waals surface area contributed by atoms with Gasteiger partial charge in [0.05, 0.1) is 17.6 Å². The van der Waals surface area contributed by atoms with E-state index in [1.165, 1.54) is 25.3 Å². The molecule has 1 saturated carbocycles. The van der Waals surface area contributed by atoms with Crippen LogP contribution in [0.2, 0.25) is 0 Å². The van der Waals surface area contributed by atoms with Gasteiger partial charge >= 0.3 is 12.1 Å². The van der Waals surface area contributed by atoms with Crippen LogP contribution in [-0.4, -0.2) is 64.9 Å². The Balaban J connectivity index is 1.37. The lowest BCUT2D eigenvalue weighted by atomic mass is 10.1. The van der Waals surface area contributed by atoms with Crippen LogP contribution in [0.4, 0.5) is 30.8 Å². The first-order valence-electron chi connectivity index (χ1n) is 13.8. The highest BCUT2D eigenvalue weighted by atomic mass is 19.1. The van der Waals surface area contributed by atoms with Crippen molar-refractivity contribution in [2.24, 2.45) is 0 Å². The predicted molar refractivity (Wildman–Crippen MR) is 157 cm³/mol. The number of pyridine rings is 2. The Labute approximate surface area is 246 Å². The summed E-state index contributed by atoms with van der Waals surface area (Å²) in [5, 5.41) is 17.4. The molecule has 0 aliphatic heterocycles. The number of nitrogens with one attached hydrogen (secondary N) is 3. The highest BCUT2D eigenvalue weighted by Gasteiger charge is 2.28. The summed E-state index contributed by atoms with van der Waals surface area (Å²) in [6.07, 6.45) is 1.97. The second kappa shape index (κ2) is 13.0. The molecule has 230 valence electrons. The van der Waals surface area contributed by atoms with E-state index < -0.39 is 40.8 Å². The molecule has 2 unspecified atom stereocenters. The molecule has 2 aromatic heterocycles. The number of amides is 2. The number of benzene rings is 1. The average Bonchev–Trinajstić information content (AvgIpc) is 3.77. The number of aromatic nitrogens is 2. The first kappa shape index (κ1) is 31.2. The van der Waals surface area contributed by atoms with Gasteiger partial charge in [0.25, 0.3) is 0 Å². The molecule has 0 radical (unpaired) electrons. The number of ether oxygens (including phenoxy) is 1. The summed E-state index contributed by atoms with van der Waals surface area (Å²) in [7, 11) is 1.65. The second-order valence-electron chi connectivity index (χ2n) is 10.7. The van der Waals surface area contributed by atoms with Crippen LogP contribution in [0.5, 0.6) is 0 Å². The standard InChI is InChI=1S/C29H34F2N6O6/c1-15(33-24-8-5-18(11-22(24)30)34-29(42)43-16(2)13-32-17(3)38)9-10-36(4)27-23(31)12-20-25(39)21(28(40)41)14-37(19-6-7-19)26(20)35-27/h5,8,11-12,14-16,19,33H,6-7,9-10,13H2,1-4H3,(H,32,38)(H,34,42)(H,40,41). The molecule has 2 amide bonds. The van der Waals surface area contributed by atoms with E-state index in [9.17, 15) is 28.7 Å². The summed E-state index contributed by atoms with van der Waals surface area (Å²) in [5.74, 6) is -2.98. The quantitative estimate of drug-likeness (QED) is 0.240. The smallest absolute Gasteiger partial charge is 0.411 e. The van der Waals surface area contributed by atoms with Crippen molar-refractivity contribution in [1.29, 1.82) is 0 Å². The van der Waals surface area contributed by atoms with E-state index in [1.807, 2.05) is 6.92 Å². The van der Waals surface area contributed by atoms with Crippen molar-refractivity contribution in [3.63, 3.8) is 0 Å². The number of hydrogen-bond donors (Lipinski definition) is 4. The van der Waals surface area contributed by atoms with E-state index in [0.29, 0.717) is 13.0 Å². The molecule has 12 nitrogen and oxygen atoms in total. The van der Waals surface area contributed by atoms with Gasteiger partial charge in [0, 0.05) is 44.5 Å². The Morgan fingerprint density at radius 3 is 2.53 bits per heavy atom. The van der Waals surface area contributed by atoms with Crippen LogP contribution in [0.15, 0.2) is 35.3 Å². The molecule has 2 atom stereocenters. The number of anilines is 3. The number of nitrogens with zero attached hydrogens (tertiary/aromatic N) is 3. The first-order chi connectivity index (χ1) is 20.3. The number of carboxylic acid groups (broad SMARTS) is 1. The number of aromatic carboxylic acids is 1. The molecule has 1 aliphatic rings. The Morgan fingerprint density at radius 2 is 1.91 bits per heavy atom. The fourth-order valence-electron chi connectivity index (χ4n) is 4.49. The van der Waals surface area contributed by atoms with Crippen molar-refractivity contribution in [3.8, 4) is 0 Å². The van der Waals surface area contributed by atoms with Gasteiger partial charge in [-0.3, -0.25) is 14.9 Å². The van der Waals surface area contributed by atoms with E-state index in [2.05, 4.69) is 20.9 Å². The van der Waals surface area contributed by atoms with Crippen LogP contribution in [0.25, 0.3) is 11.0 Å². The normalized spacial score (nSPS) is 14.1. The lowest BCUT2D eigenvalue weighted by molar-refractivity contribution is -0.119. The highest BCUT2D eigenvalue weighted by Crippen LogP contribution is 2.37. The molecular weight excluding hydrogens is 566 g/mol. The van der Waals surface area contributed by atoms with E-state index in [1.54, 1.807) is 23.4 Å². The fraction of sp³-hybridized carbons (Fsp3) is 0.414. The van der Waals surface area contributed by atoms with Crippen LogP contribution in [0.3, 0.4) is 0 Å². The van der Waals surface area contributed by atoms with Gasteiger partial charge in [-0.25, -0.2) is 23.4 Å². The number of halogens is 2. The monoisotopic (exact) mass is 600 g/mol. The highest BCUT2D eigenvalue weighted by molar-refractivity contribution is 5.92. The maximum Gasteiger partial charge on any atom is 0.411 e. The Kier molecular flexibility index (Phi) is 9.46. The van der Waals surface area contributed by atoms with Crippen molar-refractivity contribution in [1.82, 2.24) is 14.9 Å². The summed E-state index contributed by atoms with van der Waals surface area (Å²) in [6.45, 7) is 5.26. The lowest BCUT2D eigenvalue weighted by Gasteiger charge is -2.23. The molecule has 4 rings (SSSR count). The minimum atomic E-state index is -1.38. The maximum absolute atomic E-state index is 15.1. The van der Waals surface area contributed by atoms with E-state index >= 15 is 4.39 Å². The molecule has 1 fully saturated rings. The van der Waals surface area contributed by atoms with Crippen LogP contribution in [0, 0.1) is 11.6 Å². The van der Waals surface area contributed by atoms with Gasteiger partial charge in [0.15, 0.2) is 11.6 Å². The maximum atomic E-state index is 15.1. The van der Waals surface area contributed by atoms with Crippen LogP contribution in [0.1, 0.15) is 56.4 Å². The van der Waals surface area contributed by atoms with Crippen molar-refractivity contribution in [3.05, 3.63) is 57.9 Å². The Morgan fingerprint density at radius 1 is 1.19 bits per heavy atom. The molecular formula is C29H34F2N6O6. The molecule has 14 heteroatoms. The summed E-state index contributed by atoms with van der Waals surface area (Å²) >= 11 is 0. The van der Waals surface area contributed by atoms with Gasteiger partial charge in [-0.2, -0.15) is 0 Å². The fourth-order valence-corrected chi connectivity index (χ4v) is 4.49. The summed E-state index contributed by atoms with van der Waals surface area (Å²) in [6, 6.07) is 4.91. The molecule has 43 heavy (non-hydrogen) atoms. The van der Waals surface area contributed by atoms with Gasteiger partial charge in [-0.1, -0.05) is 0 Å². The Bertz CT molecular complexity index is 1610. The number of hydrogen-bond acceptors (Lipinski definition) is 8. The zero-order chi connectivity index (χ0) is 31.4. The van der Waals surface area contributed by atoms with Crippen LogP contribution in [-0.2, 0) is 9.53 Å². The molecule has 0 bridgehead atoms. The number of carbonyl (C=O) groups excluding carboxylic acids is 2. The first-order valence-corrected chi connectivity index (χ1v) is 13.8. The van der Waals surface area contributed by atoms with Gasteiger partial charge in [0.2, 0.25) is 11.3 Å². The molecule has 2 heterocycles. The largest absolute Gasteiger partial charge is 0.477 e. The number of carbonyl (C=O) groups is 3. The van der Waals surface area contributed by atoms with E-state index in [4.69, 9.17) is 4.74 Å². The Hall–Kier alpha value is -4.75. The third kappa shape index (κ3) is 7.76. The van der Waals surface area contributed by atoms with Crippen molar-refractivity contribution in [2.45, 2.75) is 58.2 Å². The molecule has 1 aromatic carbocycles. The summed E-state index contributed by atoms with van der Waals surface area (Å²) < 4.78 is 36.6. The van der Waals surface area contributed by atoms with Crippen LogP contribution < -0.4 is 26.3 Å². The molecule has 0 saturated heterocycles. The summed E-state index contributed by atoms with van der Waals surface area (Å²) in [5.41, 5.74) is -0.593. The number of rotatable bonds is 12. The van der Waals surface area contributed by atoms with E-state index in [-0.39, 0.29) is 52.8 Å². The van der Waals surface area contributed by atoms with Crippen molar-refractivity contribution in [2.75, 3.05) is 35.7 Å². The third-order valence-corrected chi connectivity index (χ3v) is 6.93. The third-order valence-electron chi connectivity index (χ3n) is 6.93. The molecule has 4 N–H and O–H groups in total. The van der Waals surface area contributed by atoms with Gasteiger partial charge < -0.3 is 29.9 Å². The van der Waals surface area contributed by atoms with Gasteiger partial charge in [0.1, 0.15) is 23.1 Å². The minimum Gasteiger partial charge on any atom is -0.477 e.